The zero-order valence-electron chi connectivity index (χ0n) is 10.3. The first kappa shape index (κ1) is 13.4. The van der Waals surface area contributed by atoms with Crippen molar-refractivity contribution in [3.8, 4) is 0 Å². The number of hydrogen-bond donors (Lipinski definition) is 2. The van der Waals surface area contributed by atoms with E-state index in [9.17, 15) is 9.90 Å². The number of carbonyl (C=O) groups excluding carboxylic acids is 1. The predicted molar refractivity (Wildman–Crippen MR) is 74.3 cm³/mol. The largest absolute Gasteiger partial charge is 0.398 e. The summed E-state index contributed by atoms with van der Waals surface area (Å²) < 4.78 is 0.720. The zero-order valence-corrected chi connectivity index (χ0v) is 11.9. The molecule has 0 spiro atoms. The van der Waals surface area contributed by atoms with Crippen molar-refractivity contribution < 1.29 is 9.90 Å². The van der Waals surface area contributed by atoms with E-state index < -0.39 is 5.60 Å². The van der Waals surface area contributed by atoms with E-state index in [-0.39, 0.29) is 5.91 Å². The molecule has 5 heteroatoms. The molecular weight excluding hydrogens is 296 g/mol. The SMILES string of the molecule is CCCC1(O)CN(C(=O)c2ccc(N)c(Br)c2)C1. The Morgan fingerprint density at radius 1 is 1.56 bits per heavy atom. The molecule has 1 aliphatic rings. The molecule has 1 aliphatic heterocycles. The number of aliphatic hydroxyl groups is 1. The first-order valence-corrected chi connectivity index (χ1v) is 6.81. The van der Waals surface area contributed by atoms with E-state index in [2.05, 4.69) is 15.9 Å². The Kier molecular flexibility index (Phi) is 3.64. The summed E-state index contributed by atoms with van der Waals surface area (Å²) in [5, 5.41) is 10.1. The summed E-state index contributed by atoms with van der Waals surface area (Å²) in [5.41, 5.74) is 6.20. The summed E-state index contributed by atoms with van der Waals surface area (Å²) in [6, 6.07) is 5.13. The van der Waals surface area contributed by atoms with Crippen LogP contribution < -0.4 is 5.73 Å². The molecule has 4 nitrogen and oxygen atoms in total. The molecule has 18 heavy (non-hydrogen) atoms. The summed E-state index contributed by atoms with van der Waals surface area (Å²) in [6.45, 7) is 2.86. The van der Waals surface area contributed by atoms with Crippen LogP contribution in [0.15, 0.2) is 22.7 Å². The highest BCUT2D eigenvalue weighted by Gasteiger charge is 2.42. The average molecular weight is 313 g/mol. The van der Waals surface area contributed by atoms with Gasteiger partial charge in [-0.1, -0.05) is 13.3 Å². The fourth-order valence-corrected chi connectivity index (χ4v) is 2.65. The summed E-state index contributed by atoms with van der Waals surface area (Å²) in [6.07, 6.45) is 1.66. The minimum absolute atomic E-state index is 0.0588. The van der Waals surface area contributed by atoms with Crippen molar-refractivity contribution in [2.45, 2.75) is 25.4 Å². The summed E-state index contributed by atoms with van der Waals surface area (Å²) in [7, 11) is 0. The maximum atomic E-state index is 12.1. The fourth-order valence-electron chi connectivity index (χ4n) is 2.27. The number of β-amino-alcohol motifs (C(OH)–C–C–N with tert-alkyl or cyclic N) is 1. The van der Waals surface area contributed by atoms with Gasteiger partial charge in [0.15, 0.2) is 0 Å². The van der Waals surface area contributed by atoms with E-state index in [0.717, 1.165) is 17.3 Å². The molecular formula is C13H17BrN2O2. The van der Waals surface area contributed by atoms with Crippen LogP contribution in [0.5, 0.6) is 0 Å². The van der Waals surface area contributed by atoms with E-state index in [4.69, 9.17) is 5.73 Å². The standard InChI is InChI=1S/C13H17BrN2O2/c1-2-5-13(18)7-16(8-13)12(17)9-3-4-11(15)10(14)6-9/h3-4,6,18H,2,5,7-8,15H2,1H3. The summed E-state index contributed by atoms with van der Waals surface area (Å²) in [4.78, 5) is 13.8. The van der Waals surface area contributed by atoms with Gasteiger partial charge in [-0.25, -0.2) is 0 Å². The van der Waals surface area contributed by atoms with Gasteiger partial charge >= 0.3 is 0 Å². The quantitative estimate of drug-likeness (QED) is 0.839. The second kappa shape index (κ2) is 4.90. The molecule has 0 aliphatic carbocycles. The Balaban J connectivity index is 2.03. The number of halogens is 1. The minimum Gasteiger partial charge on any atom is -0.398 e. The molecule has 1 fully saturated rings. The average Bonchev–Trinajstić information content (AvgIpc) is 2.29. The molecule has 1 heterocycles. The number of nitrogen functional groups attached to an aromatic ring is 1. The third-order valence-corrected chi connectivity index (χ3v) is 3.91. The molecule has 0 saturated carbocycles. The molecule has 2 rings (SSSR count). The zero-order chi connectivity index (χ0) is 13.3. The second-order valence-electron chi connectivity index (χ2n) is 4.87. The van der Waals surface area contributed by atoms with Crippen LogP contribution in [-0.4, -0.2) is 34.6 Å². The Bertz CT molecular complexity index is 470. The molecule has 1 aromatic carbocycles. The van der Waals surface area contributed by atoms with Crippen molar-refractivity contribution in [2.24, 2.45) is 0 Å². The third kappa shape index (κ3) is 2.52. The van der Waals surface area contributed by atoms with Crippen LogP contribution in [0.2, 0.25) is 0 Å². The van der Waals surface area contributed by atoms with Crippen LogP contribution in [0.1, 0.15) is 30.1 Å². The van der Waals surface area contributed by atoms with Gasteiger partial charge in [-0.2, -0.15) is 0 Å². The normalized spacial score (nSPS) is 17.4. The van der Waals surface area contributed by atoms with E-state index in [1.807, 2.05) is 6.92 Å². The maximum Gasteiger partial charge on any atom is 0.254 e. The molecule has 3 N–H and O–H groups in total. The van der Waals surface area contributed by atoms with Gasteiger partial charge in [0.2, 0.25) is 0 Å². The van der Waals surface area contributed by atoms with Crippen molar-refractivity contribution in [3.05, 3.63) is 28.2 Å². The van der Waals surface area contributed by atoms with Crippen molar-refractivity contribution in [3.63, 3.8) is 0 Å². The first-order valence-electron chi connectivity index (χ1n) is 6.02. The highest BCUT2D eigenvalue weighted by molar-refractivity contribution is 9.10. The van der Waals surface area contributed by atoms with E-state index in [1.165, 1.54) is 0 Å². The van der Waals surface area contributed by atoms with Crippen molar-refractivity contribution in [1.29, 1.82) is 0 Å². The number of nitrogens with two attached hydrogens (primary N) is 1. The van der Waals surface area contributed by atoms with Crippen LogP contribution in [-0.2, 0) is 0 Å². The van der Waals surface area contributed by atoms with Crippen molar-refractivity contribution >= 4 is 27.5 Å². The minimum atomic E-state index is -0.685. The molecule has 0 aromatic heterocycles. The van der Waals surface area contributed by atoms with E-state index in [1.54, 1.807) is 23.1 Å². The molecule has 0 atom stereocenters. The smallest absolute Gasteiger partial charge is 0.254 e. The molecule has 0 bridgehead atoms. The van der Waals surface area contributed by atoms with Crippen LogP contribution in [0.25, 0.3) is 0 Å². The van der Waals surface area contributed by atoms with Crippen molar-refractivity contribution in [2.75, 3.05) is 18.8 Å². The van der Waals surface area contributed by atoms with E-state index >= 15 is 0 Å². The lowest BCUT2D eigenvalue weighted by molar-refractivity contribution is -0.0860. The van der Waals surface area contributed by atoms with Gasteiger partial charge in [-0.3, -0.25) is 4.79 Å². The lowest BCUT2D eigenvalue weighted by Crippen LogP contribution is -2.63. The number of likely N-dealkylation sites (tertiary alicyclic amines) is 1. The Morgan fingerprint density at radius 3 is 2.78 bits per heavy atom. The lowest BCUT2D eigenvalue weighted by atomic mass is 9.89. The number of amides is 1. The number of nitrogens with zero attached hydrogens (tertiary/aromatic N) is 1. The Labute approximate surface area is 115 Å². The molecule has 0 unspecified atom stereocenters. The molecule has 1 aromatic rings. The highest BCUT2D eigenvalue weighted by atomic mass is 79.9. The van der Waals surface area contributed by atoms with Crippen LogP contribution in [0.4, 0.5) is 5.69 Å². The van der Waals surface area contributed by atoms with Gasteiger partial charge < -0.3 is 15.7 Å². The molecule has 0 radical (unpaired) electrons. The van der Waals surface area contributed by atoms with Gasteiger partial charge in [0.25, 0.3) is 5.91 Å². The van der Waals surface area contributed by atoms with Gasteiger partial charge in [0.1, 0.15) is 0 Å². The maximum absolute atomic E-state index is 12.1. The number of rotatable bonds is 3. The first-order chi connectivity index (χ1) is 8.45. The third-order valence-electron chi connectivity index (χ3n) is 3.22. The highest BCUT2D eigenvalue weighted by Crippen LogP contribution is 2.28. The summed E-state index contributed by atoms with van der Waals surface area (Å²) >= 11 is 3.31. The predicted octanol–water partition coefficient (Wildman–Crippen LogP) is 2.02. The van der Waals surface area contributed by atoms with Gasteiger partial charge in [0.05, 0.1) is 18.7 Å². The monoisotopic (exact) mass is 312 g/mol. The van der Waals surface area contributed by atoms with E-state index in [0.29, 0.717) is 24.3 Å². The molecule has 1 saturated heterocycles. The molecule has 1 amide bonds. The molecule has 98 valence electrons. The van der Waals surface area contributed by atoms with Crippen molar-refractivity contribution in [1.82, 2.24) is 4.90 Å². The summed E-state index contributed by atoms with van der Waals surface area (Å²) in [5.74, 6) is -0.0588. The van der Waals surface area contributed by atoms with Gasteiger partial charge in [-0.15, -0.1) is 0 Å². The van der Waals surface area contributed by atoms with Gasteiger partial charge in [-0.05, 0) is 40.5 Å². The lowest BCUT2D eigenvalue weighted by Gasteiger charge is -2.46. The van der Waals surface area contributed by atoms with Gasteiger partial charge in [0, 0.05) is 15.7 Å². The van der Waals surface area contributed by atoms with Crippen LogP contribution >= 0.6 is 15.9 Å². The Morgan fingerprint density at radius 2 is 2.22 bits per heavy atom. The number of carbonyl (C=O) groups is 1. The second-order valence-corrected chi connectivity index (χ2v) is 5.73. The van der Waals surface area contributed by atoms with Crippen LogP contribution in [0, 0.1) is 0 Å². The fraction of sp³-hybridized carbons (Fsp3) is 0.462. The van der Waals surface area contributed by atoms with Crippen LogP contribution in [0.3, 0.4) is 0 Å². The number of anilines is 1. The number of benzene rings is 1. The number of hydrogen-bond acceptors (Lipinski definition) is 3. The topological polar surface area (TPSA) is 66.6 Å². The Hall–Kier alpha value is -1.07.